The van der Waals surface area contributed by atoms with Gasteiger partial charge in [-0.25, -0.2) is 9.78 Å². The van der Waals surface area contributed by atoms with Crippen LogP contribution in [0.25, 0.3) is 5.65 Å². The van der Waals surface area contributed by atoms with E-state index in [-0.39, 0.29) is 5.56 Å². The summed E-state index contributed by atoms with van der Waals surface area (Å²) in [5, 5.41) is 9.03. The zero-order valence-electron chi connectivity index (χ0n) is 12.5. The number of fused-ring (bicyclic) bond motifs is 1. The van der Waals surface area contributed by atoms with Crippen molar-refractivity contribution >= 4 is 11.6 Å². The minimum Gasteiger partial charge on any atom is -0.478 e. The van der Waals surface area contributed by atoms with Gasteiger partial charge in [-0.1, -0.05) is 0 Å². The third-order valence-electron chi connectivity index (χ3n) is 4.29. The van der Waals surface area contributed by atoms with Gasteiger partial charge >= 0.3 is 5.97 Å². The molecule has 3 rings (SSSR count). The topological polar surface area (TPSA) is 57.8 Å². The molecular formula is C16H21N3O2. The molecule has 0 amide bonds. The van der Waals surface area contributed by atoms with Gasteiger partial charge in [-0.15, -0.1) is 0 Å². The maximum absolute atomic E-state index is 11.0. The highest BCUT2D eigenvalue weighted by Gasteiger charge is 2.27. The number of pyridine rings is 1. The monoisotopic (exact) mass is 287 g/mol. The summed E-state index contributed by atoms with van der Waals surface area (Å²) in [6.45, 7) is 5.64. The highest BCUT2D eigenvalue weighted by atomic mass is 16.4. The lowest BCUT2D eigenvalue weighted by Crippen LogP contribution is -2.36. The Hall–Kier alpha value is -1.88. The van der Waals surface area contributed by atoms with Crippen molar-refractivity contribution in [2.24, 2.45) is 0 Å². The SMILES string of the molecule is CC(C)N1CCCC1Cc1cn2ccc(C(=O)O)cc2n1. The maximum atomic E-state index is 11.0. The summed E-state index contributed by atoms with van der Waals surface area (Å²) in [6, 6.07) is 4.35. The molecule has 0 spiro atoms. The number of aromatic nitrogens is 2. The molecule has 5 nitrogen and oxygen atoms in total. The van der Waals surface area contributed by atoms with Gasteiger partial charge in [-0.05, 0) is 45.4 Å². The average molecular weight is 287 g/mol. The van der Waals surface area contributed by atoms with Crippen LogP contribution in [0.3, 0.4) is 0 Å². The second-order valence-corrected chi connectivity index (χ2v) is 6.05. The molecule has 0 aromatic carbocycles. The van der Waals surface area contributed by atoms with E-state index >= 15 is 0 Å². The summed E-state index contributed by atoms with van der Waals surface area (Å²) in [7, 11) is 0. The number of carboxylic acids is 1. The van der Waals surface area contributed by atoms with Crippen molar-refractivity contribution < 1.29 is 9.90 Å². The van der Waals surface area contributed by atoms with Crippen LogP contribution in [0.15, 0.2) is 24.5 Å². The molecule has 112 valence electrons. The van der Waals surface area contributed by atoms with Crippen LogP contribution in [0.2, 0.25) is 0 Å². The number of nitrogens with zero attached hydrogens (tertiary/aromatic N) is 3. The molecule has 2 aromatic heterocycles. The molecule has 0 saturated carbocycles. The normalized spacial score (nSPS) is 19.7. The van der Waals surface area contributed by atoms with E-state index in [2.05, 4.69) is 23.7 Å². The van der Waals surface area contributed by atoms with E-state index in [1.54, 1.807) is 18.3 Å². The van der Waals surface area contributed by atoms with Crippen LogP contribution < -0.4 is 0 Å². The Bertz CT molecular complexity index is 663. The zero-order chi connectivity index (χ0) is 15.0. The molecule has 5 heteroatoms. The first kappa shape index (κ1) is 14.1. The fraction of sp³-hybridized carbons (Fsp3) is 0.500. The lowest BCUT2D eigenvalue weighted by atomic mass is 10.1. The number of hydrogen-bond donors (Lipinski definition) is 1. The van der Waals surface area contributed by atoms with Gasteiger partial charge in [0.2, 0.25) is 0 Å². The van der Waals surface area contributed by atoms with Gasteiger partial charge in [0.15, 0.2) is 0 Å². The number of imidazole rings is 1. The quantitative estimate of drug-likeness (QED) is 0.938. The molecule has 1 fully saturated rings. The number of hydrogen-bond acceptors (Lipinski definition) is 3. The standard InChI is InChI=1S/C16H21N3O2/c1-11(2)19-6-3-4-14(19)9-13-10-18-7-5-12(16(20)21)8-15(18)17-13/h5,7-8,10-11,14H,3-4,6,9H2,1-2H3,(H,20,21). The molecule has 1 N–H and O–H groups in total. The second kappa shape index (κ2) is 5.48. The van der Waals surface area contributed by atoms with Crippen molar-refractivity contribution in [2.45, 2.75) is 45.2 Å². The zero-order valence-corrected chi connectivity index (χ0v) is 12.5. The van der Waals surface area contributed by atoms with E-state index in [9.17, 15) is 4.79 Å². The fourth-order valence-corrected chi connectivity index (χ4v) is 3.26. The minimum atomic E-state index is -0.913. The molecule has 0 bridgehead atoms. The molecule has 3 heterocycles. The predicted molar refractivity (Wildman–Crippen MR) is 80.7 cm³/mol. The van der Waals surface area contributed by atoms with Gasteiger partial charge in [0.25, 0.3) is 0 Å². The van der Waals surface area contributed by atoms with E-state index in [1.165, 1.54) is 19.4 Å². The summed E-state index contributed by atoms with van der Waals surface area (Å²) in [6.07, 6.45) is 7.18. The Balaban J connectivity index is 1.83. The van der Waals surface area contributed by atoms with Crippen LogP contribution in [-0.4, -0.2) is 44.0 Å². The summed E-state index contributed by atoms with van der Waals surface area (Å²) >= 11 is 0. The summed E-state index contributed by atoms with van der Waals surface area (Å²) in [4.78, 5) is 18.1. The number of carboxylic acid groups (broad SMARTS) is 1. The van der Waals surface area contributed by atoms with E-state index in [4.69, 9.17) is 5.11 Å². The number of aromatic carboxylic acids is 1. The van der Waals surface area contributed by atoms with E-state index in [0.717, 1.165) is 12.1 Å². The first-order valence-electron chi connectivity index (χ1n) is 7.51. The summed E-state index contributed by atoms with van der Waals surface area (Å²) < 4.78 is 1.90. The third-order valence-corrected chi connectivity index (χ3v) is 4.29. The molecule has 1 aliphatic heterocycles. The minimum absolute atomic E-state index is 0.282. The molecular weight excluding hydrogens is 266 g/mol. The average Bonchev–Trinajstić information content (AvgIpc) is 3.03. The third kappa shape index (κ3) is 2.78. The Morgan fingerprint density at radius 1 is 1.52 bits per heavy atom. The number of likely N-dealkylation sites (tertiary alicyclic amines) is 1. The fourth-order valence-electron chi connectivity index (χ4n) is 3.26. The van der Waals surface area contributed by atoms with Crippen LogP contribution in [-0.2, 0) is 6.42 Å². The van der Waals surface area contributed by atoms with Crippen molar-refractivity contribution in [3.05, 3.63) is 35.8 Å². The van der Waals surface area contributed by atoms with Gasteiger partial charge in [0, 0.05) is 30.9 Å². The molecule has 0 aliphatic carbocycles. The van der Waals surface area contributed by atoms with Crippen molar-refractivity contribution in [1.29, 1.82) is 0 Å². The highest BCUT2D eigenvalue weighted by molar-refractivity contribution is 5.88. The van der Waals surface area contributed by atoms with Crippen LogP contribution in [0.4, 0.5) is 0 Å². The molecule has 1 atom stereocenters. The van der Waals surface area contributed by atoms with Crippen LogP contribution in [0.5, 0.6) is 0 Å². The number of carbonyl (C=O) groups is 1. The van der Waals surface area contributed by atoms with Gasteiger partial charge in [-0.2, -0.15) is 0 Å². The van der Waals surface area contributed by atoms with Gasteiger partial charge < -0.3 is 9.51 Å². The predicted octanol–water partition coefficient (Wildman–Crippen LogP) is 2.45. The Labute approximate surface area is 124 Å². The lowest BCUT2D eigenvalue weighted by Gasteiger charge is -2.27. The molecule has 2 aromatic rings. The van der Waals surface area contributed by atoms with Crippen molar-refractivity contribution in [3.8, 4) is 0 Å². The molecule has 21 heavy (non-hydrogen) atoms. The second-order valence-electron chi connectivity index (χ2n) is 6.05. The largest absolute Gasteiger partial charge is 0.478 e. The van der Waals surface area contributed by atoms with Crippen molar-refractivity contribution in [3.63, 3.8) is 0 Å². The smallest absolute Gasteiger partial charge is 0.335 e. The van der Waals surface area contributed by atoms with Gasteiger partial charge in [-0.3, -0.25) is 4.90 Å². The van der Waals surface area contributed by atoms with E-state index in [0.29, 0.717) is 17.7 Å². The molecule has 1 aliphatic rings. The van der Waals surface area contributed by atoms with E-state index < -0.39 is 5.97 Å². The highest BCUT2D eigenvalue weighted by Crippen LogP contribution is 2.23. The van der Waals surface area contributed by atoms with E-state index in [1.807, 2.05) is 10.6 Å². The maximum Gasteiger partial charge on any atom is 0.335 e. The Kier molecular flexibility index (Phi) is 3.68. The van der Waals surface area contributed by atoms with Crippen LogP contribution >= 0.6 is 0 Å². The Morgan fingerprint density at radius 3 is 3.05 bits per heavy atom. The van der Waals surface area contributed by atoms with Crippen molar-refractivity contribution in [2.75, 3.05) is 6.54 Å². The number of rotatable bonds is 4. The lowest BCUT2D eigenvalue weighted by molar-refractivity contribution is 0.0697. The van der Waals surface area contributed by atoms with Gasteiger partial charge in [0.05, 0.1) is 11.3 Å². The van der Waals surface area contributed by atoms with Crippen molar-refractivity contribution in [1.82, 2.24) is 14.3 Å². The van der Waals surface area contributed by atoms with Gasteiger partial charge in [0.1, 0.15) is 5.65 Å². The molecule has 0 radical (unpaired) electrons. The first-order valence-corrected chi connectivity index (χ1v) is 7.51. The first-order chi connectivity index (χ1) is 10.0. The summed E-state index contributed by atoms with van der Waals surface area (Å²) in [5.74, 6) is -0.913. The molecule has 1 unspecified atom stereocenters. The Morgan fingerprint density at radius 2 is 2.33 bits per heavy atom. The molecule has 1 saturated heterocycles. The van der Waals surface area contributed by atoms with Crippen LogP contribution in [0.1, 0.15) is 42.7 Å². The summed E-state index contributed by atoms with van der Waals surface area (Å²) in [5.41, 5.74) is 2.03. The van der Waals surface area contributed by atoms with Crippen LogP contribution in [0, 0.1) is 0 Å².